The van der Waals surface area contributed by atoms with E-state index in [-0.39, 0.29) is 0 Å². The van der Waals surface area contributed by atoms with Crippen LogP contribution in [-0.4, -0.2) is 44.7 Å². The molecule has 0 radical (unpaired) electrons. The Bertz CT molecular complexity index is 1030. The van der Waals surface area contributed by atoms with Crippen LogP contribution in [0.2, 0.25) is 0 Å². The van der Waals surface area contributed by atoms with Crippen molar-refractivity contribution in [2.75, 3.05) is 29.9 Å². The van der Waals surface area contributed by atoms with Gasteiger partial charge < -0.3 is 15.5 Å². The Balaban J connectivity index is 1.41. The molecule has 7 nitrogen and oxygen atoms in total. The van der Waals surface area contributed by atoms with E-state index in [0.29, 0.717) is 22.1 Å². The maximum absolute atomic E-state index is 5.51. The fourth-order valence-corrected chi connectivity index (χ4v) is 4.70. The molecule has 9 heteroatoms. The summed E-state index contributed by atoms with van der Waals surface area (Å²) in [6, 6.07) is 14.3. The van der Waals surface area contributed by atoms with Crippen molar-refractivity contribution in [2.45, 2.75) is 42.8 Å². The molecule has 0 aliphatic carbocycles. The number of nitrogens with zero attached hydrogens (tertiary/aromatic N) is 5. The average Bonchev–Trinajstić information content (AvgIpc) is 2.83. The van der Waals surface area contributed by atoms with Crippen LogP contribution in [0.15, 0.2) is 65.0 Å². The van der Waals surface area contributed by atoms with Crippen LogP contribution in [0.4, 0.5) is 11.8 Å². The van der Waals surface area contributed by atoms with Gasteiger partial charge in [-0.05, 0) is 67.2 Å². The van der Waals surface area contributed by atoms with Crippen molar-refractivity contribution in [2.24, 2.45) is 5.92 Å². The van der Waals surface area contributed by atoms with E-state index in [2.05, 4.69) is 61.7 Å². The molecule has 3 heterocycles. The minimum absolute atomic E-state index is 0.490. The molecule has 2 aromatic heterocycles. The zero-order valence-electron chi connectivity index (χ0n) is 18.8. The highest BCUT2D eigenvalue weighted by Gasteiger charge is 2.20. The van der Waals surface area contributed by atoms with Crippen LogP contribution in [0.25, 0.3) is 0 Å². The molecule has 0 unspecified atom stereocenters. The first-order valence-corrected chi connectivity index (χ1v) is 12.6. The van der Waals surface area contributed by atoms with Crippen LogP contribution in [0.3, 0.4) is 0 Å². The molecule has 0 bridgehead atoms. The van der Waals surface area contributed by atoms with E-state index in [1.807, 2.05) is 12.1 Å². The first-order valence-electron chi connectivity index (χ1n) is 11.3. The van der Waals surface area contributed by atoms with E-state index in [4.69, 9.17) is 17.2 Å². The van der Waals surface area contributed by atoms with Gasteiger partial charge in [-0.2, -0.15) is 4.98 Å². The third-order valence-corrected chi connectivity index (χ3v) is 6.46. The molecule has 0 spiro atoms. The van der Waals surface area contributed by atoms with Crippen molar-refractivity contribution in [3.8, 4) is 0 Å². The Morgan fingerprint density at radius 3 is 2.76 bits per heavy atom. The molecule has 0 amide bonds. The molecule has 4 rings (SSSR count). The lowest BCUT2D eigenvalue weighted by Gasteiger charge is -2.32. The second-order valence-electron chi connectivity index (χ2n) is 8.18. The molecular formula is C24H29N7S2. The Morgan fingerprint density at radius 2 is 1.97 bits per heavy atom. The summed E-state index contributed by atoms with van der Waals surface area (Å²) in [5.41, 5.74) is 1.33. The summed E-state index contributed by atoms with van der Waals surface area (Å²) in [6.07, 6.45) is 7.88. The van der Waals surface area contributed by atoms with Crippen LogP contribution < -0.4 is 15.5 Å². The van der Waals surface area contributed by atoms with Crippen molar-refractivity contribution in [1.82, 2.24) is 25.3 Å². The van der Waals surface area contributed by atoms with Crippen molar-refractivity contribution in [3.63, 3.8) is 0 Å². The predicted molar refractivity (Wildman–Crippen MR) is 138 cm³/mol. The molecule has 1 saturated heterocycles. The molecular weight excluding hydrogens is 450 g/mol. The molecule has 1 aliphatic rings. The van der Waals surface area contributed by atoms with Gasteiger partial charge in [0.1, 0.15) is 10.8 Å². The van der Waals surface area contributed by atoms with Crippen molar-refractivity contribution >= 4 is 40.9 Å². The van der Waals surface area contributed by atoms with Gasteiger partial charge in [0.15, 0.2) is 10.3 Å². The van der Waals surface area contributed by atoms with Gasteiger partial charge >= 0.3 is 0 Å². The predicted octanol–water partition coefficient (Wildman–Crippen LogP) is 4.57. The summed E-state index contributed by atoms with van der Waals surface area (Å²) < 4.78 is 0. The number of anilines is 2. The van der Waals surface area contributed by atoms with Gasteiger partial charge in [-0.3, -0.25) is 0 Å². The zero-order chi connectivity index (χ0) is 22.9. The number of hydrogen-bond acceptors (Lipinski definition) is 7. The first kappa shape index (κ1) is 23.4. The molecule has 2 N–H and O–H groups in total. The quantitative estimate of drug-likeness (QED) is 0.209. The van der Waals surface area contributed by atoms with Gasteiger partial charge in [-0.15, -0.1) is 0 Å². The number of hydrogen-bond donors (Lipinski definition) is 2. The van der Waals surface area contributed by atoms with Gasteiger partial charge in [-0.1, -0.05) is 37.3 Å². The molecule has 0 saturated carbocycles. The van der Waals surface area contributed by atoms with Gasteiger partial charge in [-0.25, -0.2) is 15.0 Å². The maximum Gasteiger partial charge on any atom is 0.232 e. The second-order valence-corrected chi connectivity index (χ2v) is 9.58. The standard InChI is InChI=1S/C24H29N7S2/c1-18-8-6-15-31(17-18)20-16-21(33-24-26-13-7-14-27-24)29-22(28-20)30-23(32)25-12-5-11-19-9-3-2-4-10-19/h2-4,7,9-10,13-14,16,18H,5-6,8,11-12,15,17H2,1H3,(H2,25,28,29,30,32)/t18-/m1/s1. The summed E-state index contributed by atoms with van der Waals surface area (Å²) in [5, 5.41) is 8.42. The maximum atomic E-state index is 5.51. The fourth-order valence-electron chi connectivity index (χ4n) is 3.80. The monoisotopic (exact) mass is 479 g/mol. The van der Waals surface area contributed by atoms with Crippen LogP contribution in [0.1, 0.15) is 31.7 Å². The minimum Gasteiger partial charge on any atom is -0.362 e. The Morgan fingerprint density at radius 1 is 1.15 bits per heavy atom. The number of nitrogens with one attached hydrogen (secondary N) is 2. The summed E-state index contributed by atoms with van der Waals surface area (Å²) in [6.45, 7) is 5.05. The third-order valence-electron chi connectivity index (χ3n) is 5.40. The highest BCUT2D eigenvalue weighted by Crippen LogP contribution is 2.29. The first-order chi connectivity index (χ1) is 16.2. The minimum atomic E-state index is 0.490. The van der Waals surface area contributed by atoms with Crippen molar-refractivity contribution < 1.29 is 0 Å². The van der Waals surface area contributed by atoms with Crippen molar-refractivity contribution in [1.29, 1.82) is 0 Å². The summed E-state index contributed by atoms with van der Waals surface area (Å²) in [7, 11) is 0. The number of rotatable bonds is 8. The smallest absolute Gasteiger partial charge is 0.232 e. The molecule has 3 aromatic rings. The van der Waals surface area contributed by atoms with E-state index < -0.39 is 0 Å². The number of aryl methyl sites for hydroxylation is 1. The summed E-state index contributed by atoms with van der Waals surface area (Å²) in [4.78, 5) is 20.4. The Kier molecular flexibility index (Phi) is 8.43. The number of benzene rings is 1. The summed E-state index contributed by atoms with van der Waals surface area (Å²) >= 11 is 6.93. The zero-order valence-corrected chi connectivity index (χ0v) is 20.4. The van der Waals surface area contributed by atoms with Gasteiger partial charge in [0.2, 0.25) is 5.95 Å². The Labute approximate surface area is 204 Å². The van der Waals surface area contributed by atoms with Gasteiger partial charge in [0, 0.05) is 38.1 Å². The van der Waals surface area contributed by atoms with Gasteiger partial charge in [0.05, 0.1) is 0 Å². The number of aromatic nitrogens is 4. The number of piperidine rings is 1. The van der Waals surface area contributed by atoms with E-state index in [0.717, 1.165) is 43.3 Å². The second kappa shape index (κ2) is 11.9. The van der Waals surface area contributed by atoms with Gasteiger partial charge in [0.25, 0.3) is 0 Å². The van der Waals surface area contributed by atoms with E-state index >= 15 is 0 Å². The molecule has 33 heavy (non-hydrogen) atoms. The lowest BCUT2D eigenvalue weighted by molar-refractivity contribution is 0.444. The van der Waals surface area contributed by atoms with E-state index in [9.17, 15) is 0 Å². The van der Waals surface area contributed by atoms with Crippen LogP contribution in [0, 0.1) is 5.92 Å². The van der Waals surface area contributed by atoms with Crippen LogP contribution in [-0.2, 0) is 6.42 Å². The normalized spacial score (nSPS) is 15.8. The SMILES string of the molecule is C[C@@H]1CCCN(c2cc(Sc3ncccn3)nc(NC(=S)NCCCc3ccccc3)n2)C1. The molecule has 1 aromatic carbocycles. The molecule has 1 fully saturated rings. The largest absolute Gasteiger partial charge is 0.362 e. The average molecular weight is 480 g/mol. The summed E-state index contributed by atoms with van der Waals surface area (Å²) in [5.74, 6) is 2.04. The third kappa shape index (κ3) is 7.36. The highest BCUT2D eigenvalue weighted by atomic mass is 32.2. The lowest BCUT2D eigenvalue weighted by atomic mass is 10.0. The topological polar surface area (TPSA) is 78.9 Å². The van der Waals surface area contributed by atoms with Crippen LogP contribution >= 0.6 is 24.0 Å². The Hall–Kier alpha value is -2.78. The molecule has 172 valence electrons. The lowest BCUT2D eigenvalue weighted by Crippen LogP contribution is -2.35. The van der Waals surface area contributed by atoms with E-state index in [1.54, 1.807) is 18.5 Å². The van der Waals surface area contributed by atoms with E-state index in [1.165, 1.54) is 30.2 Å². The van der Waals surface area contributed by atoms with Crippen LogP contribution in [0.5, 0.6) is 0 Å². The molecule has 1 aliphatic heterocycles. The fraction of sp³-hybridized carbons (Fsp3) is 0.375. The molecule has 1 atom stereocenters. The highest BCUT2D eigenvalue weighted by molar-refractivity contribution is 7.99. The van der Waals surface area contributed by atoms with Crippen molar-refractivity contribution in [3.05, 3.63) is 60.4 Å². The number of thiocarbonyl (C=S) groups is 1.